The van der Waals surface area contributed by atoms with Gasteiger partial charge in [0.2, 0.25) is 0 Å². The van der Waals surface area contributed by atoms with Crippen molar-refractivity contribution in [2.45, 2.75) is 38.3 Å². The first kappa shape index (κ1) is 13.5. The Bertz CT molecular complexity index is 463. The third-order valence-corrected chi connectivity index (χ3v) is 5.24. The van der Waals surface area contributed by atoms with Crippen LogP contribution >= 0.6 is 23.2 Å². The first-order valence-corrected chi connectivity index (χ1v) is 7.87. The Morgan fingerprint density at radius 3 is 2.84 bits per heavy atom. The van der Waals surface area contributed by atoms with Gasteiger partial charge in [0, 0.05) is 25.2 Å². The van der Waals surface area contributed by atoms with Crippen LogP contribution in [0.15, 0.2) is 18.2 Å². The summed E-state index contributed by atoms with van der Waals surface area (Å²) < 4.78 is 0. The topological polar surface area (TPSA) is 6.48 Å². The number of anilines is 1. The molecule has 1 aromatic rings. The van der Waals surface area contributed by atoms with Gasteiger partial charge in [0.25, 0.3) is 0 Å². The molecule has 4 heteroatoms. The van der Waals surface area contributed by atoms with Gasteiger partial charge in [-0.25, -0.2) is 0 Å². The zero-order valence-electron chi connectivity index (χ0n) is 11.3. The summed E-state index contributed by atoms with van der Waals surface area (Å²) in [7, 11) is 0. The number of piperidine rings is 1. The van der Waals surface area contributed by atoms with E-state index in [9.17, 15) is 0 Å². The average Bonchev–Trinajstić information content (AvgIpc) is 2.41. The Hall–Kier alpha value is -0.440. The fourth-order valence-electron chi connectivity index (χ4n) is 3.40. The van der Waals surface area contributed by atoms with E-state index in [2.05, 4.69) is 22.8 Å². The van der Waals surface area contributed by atoms with Crippen molar-refractivity contribution in [3.8, 4) is 0 Å². The minimum Gasteiger partial charge on any atom is -0.365 e. The second-order valence-corrected chi connectivity index (χ2v) is 6.50. The minimum absolute atomic E-state index is 0.491. The quantitative estimate of drug-likeness (QED) is 0.771. The molecule has 3 rings (SSSR count). The summed E-state index contributed by atoms with van der Waals surface area (Å²) in [5, 5.41) is 1.35. The Labute approximate surface area is 125 Å². The van der Waals surface area contributed by atoms with E-state index >= 15 is 0 Å². The molecule has 2 nitrogen and oxygen atoms in total. The highest BCUT2D eigenvalue weighted by Crippen LogP contribution is 2.36. The molecule has 2 aliphatic heterocycles. The van der Waals surface area contributed by atoms with Crippen molar-refractivity contribution in [2.75, 3.05) is 24.5 Å². The van der Waals surface area contributed by atoms with Gasteiger partial charge in [-0.15, -0.1) is 0 Å². The Balaban J connectivity index is 1.86. The predicted octanol–water partition coefficient (Wildman–Crippen LogP) is 4.06. The summed E-state index contributed by atoms with van der Waals surface area (Å²) in [6.45, 7) is 5.74. The van der Waals surface area contributed by atoms with Gasteiger partial charge in [0.15, 0.2) is 0 Å². The molecule has 2 heterocycles. The summed E-state index contributed by atoms with van der Waals surface area (Å²) in [4.78, 5) is 5.07. The number of piperazine rings is 1. The molecule has 2 aliphatic rings. The second kappa shape index (κ2) is 5.51. The third-order valence-electron chi connectivity index (χ3n) is 4.43. The number of rotatable bonds is 1. The highest BCUT2D eigenvalue weighted by atomic mass is 35.5. The lowest BCUT2D eigenvalue weighted by molar-refractivity contribution is 0.115. The number of benzene rings is 1. The van der Waals surface area contributed by atoms with Gasteiger partial charge in [-0.1, -0.05) is 35.7 Å². The lowest BCUT2D eigenvalue weighted by Gasteiger charge is -2.48. The van der Waals surface area contributed by atoms with Gasteiger partial charge >= 0.3 is 0 Å². The molecule has 0 aromatic heterocycles. The van der Waals surface area contributed by atoms with Crippen LogP contribution in [0.2, 0.25) is 10.0 Å². The van der Waals surface area contributed by atoms with Crippen molar-refractivity contribution in [1.82, 2.24) is 4.90 Å². The molecule has 19 heavy (non-hydrogen) atoms. The van der Waals surface area contributed by atoms with Crippen molar-refractivity contribution < 1.29 is 0 Å². The molecule has 0 N–H and O–H groups in total. The molecule has 0 aliphatic carbocycles. The van der Waals surface area contributed by atoms with Gasteiger partial charge in [-0.3, -0.25) is 4.90 Å². The van der Waals surface area contributed by atoms with E-state index in [0.29, 0.717) is 22.1 Å². The summed E-state index contributed by atoms with van der Waals surface area (Å²) in [5.41, 5.74) is 1.09. The monoisotopic (exact) mass is 298 g/mol. The molecule has 2 atom stereocenters. The van der Waals surface area contributed by atoms with Crippen LogP contribution < -0.4 is 4.90 Å². The van der Waals surface area contributed by atoms with Crippen molar-refractivity contribution in [1.29, 1.82) is 0 Å². The maximum Gasteiger partial charge on any atom is 0.0825 e. The summed E-state index contributed by atoms with van der Waals surface area (Å²) in [6, 6.07) is 7.10. The second-order valence-electron chi connectivity index (χ2n) is 5.72. The van der Waals surface area contributed by atoms with Gasteiger partial charge in [-0.05, 0) is 38.4 Å². The molecular weight excluding hydrogens is 279 g/mol. The largest absolute Gasteiger partial charge is 0.365 e. The van der Waals surface area contributed by atoms with E-state index in [0.717, 1.165) is 18.8 Å². The number of hydrogen-bond donors (Lipinski definition) is 0. The van der Waals surface area contributed by atoms with Crippen molar-refractivity contribution >= 4 is 28.9 Å². The van der Waals surface area contributed by atoms with Gasteiger partial charge in [0.05, 0.1) is 15.7 Å². The van der Waals surface area contributed by atoms with Crippen molar-refractivity contribution in [3.05, 3.63) is 28.2 Å². The highest BCUT2D eigenvalue weighted by Gasteiger charge is 2.33. The van der Waals surface area contributed by atoms with Crippen molar-refractivity contribution in [2.24, 2.45) is 0 Å². The SMILES string of the molecule is CC1CN2CCCCC2CN1c1cccc(Cl)c1Cl. The predicted molar refractivity (Wildman–Crippen MR) is 82.5 cm³/mol. The van der Waals surface area contributed by atoms with Crippen LogP contribution in [0.4, 0.5) is 5.69 Å². The number of fused-ring (bicyclic) bond motifs is 1. The fraction of sp³-hybridized carbons (Fsp3) is 0.600. The number of hydrogen-bond acceptors (Lipinski definition) is 2. The maximum absolute atomic E-state index is 6.38. The zero-order chi connectivity index (χ0) is 13.4. The third kappa shape index (κ3) is 2.58. The Morgan fingerprint density at radius 2 is 2.00 bits per heavy atom. The van der Waals surface area contributed by atoms with Crippen LogP contribution in [-0.4, -0.2) is 36.6 Å². The highest BCUT2D eigenvalue weighted by molar-refractivity contribution is 6.43. The molecule has 2 saturated heterocycles. The zero-order valence-corrected chi connectivity index (χ0v) is 12.8. The van der Waals surface area contributed by atoms with Crippen molar-refractivity contribution in [3.63, 3.8) is 0 Å². The summed E-state index contributed by atoms with van der Waals surface area (Å²) >= 11 is 12.5. The van der Waals surface area contributed by atoms with E-state index in [-0.39, 0.29) is 0 Å². The lowest BCUT2D eigenvalue weighted by Crippen LogP contribution is -2.58. The molecular formula is C15H20Cl2N2. The fourth-order valence-corrected chi connectivity index (χ4v) is 3.81. The van der Waals surface area contributed by atoms with Gasteiger partial charge in [-0.2, -0.15) is 0 Å². The first-order chi connectivity index (χ1) is 9.16. The van der Waals surface area contributed by atoms with E-state index in [1.807, 2.05) is 12.1 Å². The number of nitrogens with zero attached hydrogens (tertiary/aromatic N) is 2. The molecule has 0 spiro atoms. The van der Waals surface area contributed by atoms with E-state index in [4.69, 9.17) is 23.2 Å². The molecule has 0 saturated carbocycles. The average molecular weight is 299 g/mol. The molecule has 0 bridgehead atoms. The van der Waals surface area contributed by atoms with E-state index in [1.165, 1.54) is 25.8 Å². The van der Waals surface area contributed by atoms with Crippen LogP contribution in [-0.2, 0) is 0 Å². The van der Waals surface area contributed by atoms with Crippen LogP contribution in [0.5, 0.6) is 0 Å². The van der Waals surface area contributed by atoms with Crippen LogP contribution in [0.25, 0.3) is 0 Å². The van der Waals surface area contributed by atoms with Gasteiger partial charge < -0.3 is 4.90 Å². The number of halogens is 2. The van der Waals surface area contributed by atoms with E-state index < -0.39 is 0 Å². The maximum atomic E-state index is 6.38. The molecule has 104 valence electrons. The Kier molecular flexibility index (Phi) is 3.93. The first-order valence-electron chi connectivity index (χ1n) is 7.11. The normalized spacial score (nSPS) is 28.3. The van der Waals surface area contributed by atoms with E-state index in [1.54, 1.807) is 0 Å². The molecule has 0 amide bonds. The standard InChI is InChI=1S/C15H20Cl2N2/c1-11-9-18-8-3-2-5-12(18)10-19(11)14-7-4-6-13(16)15(14)17/h4,6-7,11-12H,2-3,5,8-10H2,1H3. The summed E-state index contributed by atoms with van der Waals surface area (Å²) in [5.74, 6) is 0. The Morgan fingerprint density at radius 1 is 1.16 bits per heavy atom. The van der Waals surface area contributed by atoms with Crippen LogP contribution in [0.1, 0.15) is 26.2 Å². The lowest BCUT2D eigenvalue weighted by atomic mass is 9.96. The molecule has 2 unspecified atom stereocenters. The summed E-state index contributed by atoms with van der Waals surface area (Å²) in [6.07, 6.45) is 4.01. The molecule has 2 fully saturated rings. The minimum atomic E-state index is 0.491. The molecule has 0 radical (unpaired) electrons. The van der Waals surface area contributed by atoms with Crippen LogP contribution in [0.3, 0.4) is 0 Å². The van der Waals surface area contributed by atoms with Crippen LogP contribution in [0, 0.1) is 0 Å². The smallest absolute Gasteiger partial charge is 0.0825 e. The van der Waals surface area contributed by atoms with Gasteiger partial charge in [0.1, 0.15) is 0 Å². The molecule has 1 aromatic carbocycles.